The number of halogens is 3. The highest BCUT2D eigenvalue weighted by Gasteiger charge is 2.22. The molecule has 0 radical (unpaired) electrons. The first kappa shape index (κ1) is 16.9. The van der Waals surface area contributed by atoms with Crippen LogP contribution in [0.4, 0.5) is 0 Å². The molecule has 0 saturated carbocycles. The maximum Gasteiger partial charge on any atom is 0.345 e. The van der Waals surface area contributed by atoms with Gasteiger partial charge >= 0.3 is 5.97 Å². The van der Waals surface area contributed by atoms with Gasteiger partial charge in [0.1, 0.15) is 5.75 Å². The van der Waals surface area contributed by atoms with Gasteiger partial charge in [-0.3, -0.25) is 0 Å². The number of aryl methyl sites for hydroxylation is 1. The van der Waals surface area contributed by atoms with Crippen molar-refractivity contribution in [1.29, 1.82) is 0 Å². The van der Waals surface area contributed by atoms with E-state index in [9.17, 15) is 9.90 Å². The molecule has 0 aliphatic heterocycles. The molecule has 116 valence electrons. The molecular weight excluding hydrogens is 347 g/mol. The quantitative estimate of drug-likeness (QED) is 0.814. The van der Waals surface area contributed by atoms with Gasteiger partial charge in [-0.1, -0.05) is 46.9 Å². The lowest BCUT2D eigenvalue weighted by Crippen LogP contribution is -2.29. The van der Waals surface area contributed by atoms with Crippen molar-refractivity contribution in [2.45, 2.75) is 19.4 Å². The molecular formula is C16H13Cl3O3. The molecule has 3 nitrogen and oxygen atoms in total. The molecule has 0 amide bonds. The van der Waals surface area contributed by atoms with Crippen LogP contribution in [-0.2, 0) is 11.2 Å². The molecule has 1 N–H and O–H groups in total. The van der Waals surface area contributed by atoms with Crippen molar-refractivity contribution in [2.24, 2.45) is 0 Å². The standard InChI is InChI=1S/C16H13Cl3O3/c1-9-7-11(5-6-12(9)17)22-14(16(20)21)8-10-3-2-4-13(18)15(10)19/h2-7,14H,8H2,1H3,(H,20,21). The van der Waals surface area contributed by atoms with Gasteiger partial charge in [-0.15, -0.1) is 0 Å². The predicted octanol–water partition coefficient (Wildman–Crippen LogP) is 5.03. The summed E-state index contributed by atoms with van der Waals surface area (Å²) in [6.07, 6.45) is -0.965. The van der Waals surface area contributed by atoms with Crippen molar-refractivity contribution < 1.29 is 14.6 Å². The topological polar surface area (TPSA) is 46.5 Å². The van der Waals surface area contributed by atoms with E-state index in [-0.39, 0.29) is 6.42 Å². The minimum absolute atomic E-state index is 0.108. The fourth-order valence-electron chi connectivity index (χ4n) is 1.94. The monoisotopic (exact) mass is 358 g/mol. The van der Waals surface area contributed by atoms with Crippen LogP contribution in [0.5, 0.6) is 5.75 Å². The summed E-state index contributed by atoms with van der Waals surface area (Å²) in [7, 11) is 0. The first-order valence-corrected chi connectivity index (χ1v) is 7.60. The molecule has 0 aliphatic rings. The molecule has 0 aliphatic carbocycles. The minimum atomic E-state index is -1.08. The average molecular weight is 360 g/mol. The van der Waals surface area contributed by atoms with Gasteiger partial charge in [0.15, 0.2) is 6.10 Å². The number of hydrogen-bond acceptors (Lipinski definition) is 2. The maximum atomic E-state index is 11.4. The second-order valence-electron chi connectivity index (χ2n) is 4.77. The van der Waals surface area contributed by atoms with Crippen molar-refractivity contribution >= 4 is 40.8 Å². The third-order valence-electron chi connectivity index (χ3n) is 3.12. The SMILES string of the molecule is Cc1cc(OC(Cc2cccc(Cl)c2Cl)C(=O)O)ccc1Cl. The molecule has 1 atom stereocenters. The predicted molar refractivity (Wildman–Crippen MR) is 88.4 cm³/mol. The highest BCUT2D eigenvalue weighted by atomic mass is 35.5. The van der Waals surface area contributed by atoms with E-state index in [1.165, 1.54) is 0 Å². The van der Waals surface area contributed by atoms with Crippen molar-refractivity contribution in [3.63, 3.8) is 0 Å². The Morgan fingerprint density at radius 3 is 2.55 bits per heavy atom. The number of carboxylic acid groups (broad SMARTS) is 1. The molecule has 0 aromatic heterocycles. The number of benzene rings is 2. The number of aliphatic carboxylic acids is 1. The fourth-order valence-corrected chi connectivity index (χ4v) is 2.45. The molecule has 1 unspecified atom stereocenters. The van der Waals surface area contributed by atoms with Gasteiger partial charge in [0.25, 0.3) is 0 Å². The van der Waals surface area contributed by atoms with Crippen LogP contribution in [0, 0.1) is 6.92 Å². The van der Waals surface area contributed by atoms with E-state index in [4.69, 9.17) is 39.5 Å². The van der Waals surface area contributed by atoms with Gasteiger partial charge in [0.05, 0.1) is 10.0 Å². The lowest BCUT2D eigenvalue weighted by molar-refractivity contribution is -0.145. The number of hydrogen-bond donors (Lipinski definition) is 1. The molecule has 22 heavy (non-hydrogen) atoms. The summed E-state index contributed by atoms with van der Waals surface area (Å²) in [6, 6.07) is 10.1. The van der Waals surface area contributed by atoms with Crippen LogP contribution in [0.15, 0.2) is 36.4 Å². The van der Waals surface area contributed by atoms with Crippen LogP contribution in [0.2, 0.25) is 15.1 Å². The normalized spacial score (nSPS) is 12.0. The van der Waals surface area contributed by atoms with Crippen LogP contribution >= 0.6 is 34.8 Å². The largest absolute Gasteiger partial charge is 0.478 e. The third kappa shape index (κ3) is 4.07. The summed E-state index contributed by atoms with van der Waals surface area (Å²) < 4.78 is 5.55. The molecule has 2 rings (SSSR count). The van der Waals surface area contributed by atoms with E-state index in [1.54, 1.807) is 36.4 Å². The minimum Gasteiger partial charge on any atom is -0.478 e. The summed E-state index contributed by atoms with van der Waals surface area (Å²) in [6.45, 7) is 1.82. The highest BCUT2D eigenvalue weighted by Crippen LogP contribution is 2.28. The third-order valence-corrected chi connectivity index (χ3v) is 4.40. The first-order valence-electron chi connectivity index (χ1n) is 6.47. The Kier molecular flexibility index (Phi) is 5.57. The maximum absolute atomic E-state index is 11.4. The van der Waals surface area contributed by atoms with E-state index in [2.05, 4.69) is 0 Å². The van der Waals surface area contributed by atoms with E-state index >= 15 is 0 Å². The Labute approximate surface area is 143 Å². The fraction of sp³-hybridized carbons (Fsp3) is 0.188. The Hall–Kier alpha value is -1.42. The van der Waals surface area contributed by atoms with E-state index in [1.807, 2.05) is 6.92 Å². The highest BCUT2D eigenvalue weighted by molar-refractivity contribution is 6.42. The zero-order chi connectivity index (χ0) is 16.3. The smallest absolute Gasteiger partial charge is 0.345 e. The van der Waals surface area contributed by atoms with Crippen LogP contribution in [0.25, 0.3) is 0 Å². The van der Waals surface area contributed by atoms with Crippen molar-refractivity contribution in [3.8, 4) is 5.75 Å². The zero-order valence-electron chi connectivity index (χ0n) is 11.6. The number of ether oxygens (including phenoxy) is 1. The number of rotatable bonds is 5. The molecule has 0 bridgehead atoms. The van der Waals surface area contributed by atoms with Gasteiger partial charge in [-0.25, -0.2) is 4.79 Å². The van der Waals surface area contributed by atoms with Crippen LogP contribution in [-0.4, -0.2) is 17.2 Å². The lowest BCUT2D eigenvalue weighted by Gasteiger charge is -2.17. The van der Waals surface area contributed by atoms with Crippen LogP contribution < -0.4 is 4.74 Å². The van der Waals surface area contributed by atoms with E-state index in [0.29, 0.717) is 26.4 Å². The molecule has 2 aromatic carbocycles. The van der Waals surface area contributed by atoms with E-state index < -0.39 is 12.1 Å². The zero-order valence-corrected chi connectivity index (χ0v) is 13.9. The summed E-state index contributed by atoms with van der Waals surface area (Å²) in [4.78, 5) is 11.4. The Balaban J connectivity index is 2.21. The second-order valence-corrected chi connectivity index (χ2v) is 5.97. The number of carboxylic acids is 1. The Morgan fingerprint density at radius 2 is 1.91 bits per heavy atom. The van der Waals surface area contributed by atoms with Gasteiger partial charge in [0.2, 0.25) is 0 Å². The molecule has 0 saturated heterocycles. The number of carbonyl (C=O) groups is 1. The summed E-state index contributed by atoms with van der Waals surface area (Å²) in [5.74, 6) is -0.643. The van der Waals surface area contributed by atoms with Crippen LogP contribution in [0.1, 0.15) is 11.1 Å². The van der Waals surface area contributed by atoms with Crippen molar-refractivity contribution in [2.75, 3.05) is 0 Å². The summed E-state index contributed by atoms with van der Waals surface area (Å²) in [5, 5.41) is 10.7. The Morgan fingerprint density at radius 1 is 1.18 bits per heavy atom. The molecule has 6 heteroatoms. The van der Waals surface area contributed by atoms with Crippen molar-refractivity contribution in [3.05, 3.63) is 62.6 Å². The van der Waals surface area contributed by atoms with Crippen molar-refractivity contribution in [1.82, 2.24) is 0 Å². The molecule has 0 heterocycles. The lowest BCUT2D eigenvalue weighted by atomic mass is 10.1. The molecule has 2 aromatic rings. The van der Waals surface area contributed by atoms with Gasteiger partial charge in [-0.05, 0) is 42.3 Å². The summed E-state index contributed by atoms with van der Waals surface area (Å²) in [5.41, 5.74) is 1.43. The Bertz CT molecular complexity index is 701. The van der Waals surface area contributed by atoms with E-state index in [0.717, 1.165) is 5.56 Å². The van der Waals surface area contributed by atoms with Gasteiger partial charge in [-0.2, -0.15) is 0 Å². The molecule has 0 fully saturated rings. The van der Waals surface area contributed by atoms with Gasteiger partial charge < -0.3 is 9.84 Å². The summed E-state index contributed by atoms with van der Waals surface area (Å²) >= 11 is 18.0. The second kappa shape index (κ2) is 7.23. The van der Waals surface area contributed by atoms with Gasteiger partial charge in [0, 0.05) is 11.4 Å². The van der Waals surface area contributed by atoms with Crippen LogP contribution in [0.3, 0.4) is 0 Å². The molecule has 0 spiro atoms. The first-order chi connectivity index (χ1) is 10.4. The average Bonchev–Trinajstić information content (AvgIpc) is 2.46.